The van der Waals surface area contributed by atoms with E-state index in [1.54, 1.807) is 6.07 Å². The molecule has 0 aromatic carbocycles. The summed E-state index contributed by atoms with van der Waals surface area (Å²) < 4.78 is 31.0. The molecule has 126 valence electrons. The summed E-state index contributed by atoms with van der Waals surface area (Å²) in [6.45, 7) is 6.66. The second-order valence-electron chi connectivity index (χ2n) is 6.34. The molecule has 4 heteroatoms. The first-order valence-electron chi connectivity index (χ1n) is 8.85. The van der Waals surface area contributed by atoms with Crippen molar-refractivity contribution in [3.05, 3.63) is 23.9 Å². The number of rotatable bonds is 11. The van der Waals surface area contributed by atoms with Crippen molar-refractivity contribution < 1.29 is 8.78 Å². The number of hydrogen-bond acceptors (Lipinski definition) is 1. The number of pyridine rings is 1. The molecular weight excluding hydrogens is 387 g/mol. The molecule has 0 aliphatic rings. The molecule has 1 rings (SSSR count). The standard InChI is InChI=1S/C6H4F2N.3C4H9.Sn/c7-6(8)5-3-1-2-4-9-5;3*1-3-4-2;/h1-3,6H;3*1,3-4H2,2H3;. The van der Waals surface area contributed by atoms with E-state index in [-0.39, 0.29) is 5.69 Å². The predicted octanol–water partition coefficient (Wildman–Crippen LogP) is 6.08. The van der Waals surface area contributed by atoms with Crippen LogP contribution in [0.1, 0.15) is 71.4 Å². The molecular formula is C18H31F2NSn. The van der Waals surface area contributed by atoms with Crippen LogP contribution in [0, 0.1) is 0 Å². The van der Waals surface area contributed by atoms with Gasteiger partial charge in [-0.25, -0.2) is 0 Å². The average molecular weight is 418 g/mol. The van der Waals surface area contributed by atoms with Crippen LogP contribution in [0.3, 0.4) is 0 Å². The van der Waals surface area contributed by atoms with Crippen LogP contribution >= 0.6 is 0 Å². The summed E-state index contributed by atoms with van der Waals surface area (Å²) >= 11 is -2.64. The zero-order valence-corrected chi connectivity index (χ0v) is 17.2. The number of halogens is 2. The third-order valence-corrected chi connectivity index (χ3v) is 19.7. The van der Waals surface area contributed by atoms with Crippen molar-refractivity contribution in [3.63, 3.8) is 0 Å². The third kappa shape index (κ3) is 5.78. The van der Waals surface area contributed by atoms with Gasteiger partial charge in [0, 0.05) is 0 Å². The van der Waals surface area contributed by atoms with Gasteiger partial charge in [-0.3, -0.25) is 0 Å². The molecule has 1 aromatic rings. The summed E-state index contributed by atoms with van der Waals surface area (Å²) in [4.78, 5) is 4.45. The van der Waals surface area contributed by atoms with Crippen LogP contribution in [0.2, 0.25) is 13.3 Å². The first kappa shape index (κ1) is 19.9. The molecule has 0 saturated carbocycles. The zero-order valence-electron chi connectivity index (χ0n) is 14.4. The Balaban J connectivity index is 3.15. The minimum absolute atomic E-state index is 0.0249. The summed E-state index contributed by atoms with van der Waals surface area (Å²) in [5, 5.41) is 0. The van der Waals surface area contributed by atoms with E-state index in [0.717, 1.165) is 3.71 Å². The second kappa shape index (κ2) is 10.6. The van der Waals surface area contributed by atoms with Gasteiger partial charge in [-0.1, -0.05) is 0 Å². The van der Waals surface area contributed by atoms with E-state index in [0.29, 0.717) is 0 Å². The topological polar surface area (TPSA) is 12.9 Å². The molecule has 1 aromatic heterocycles. The van der Waals surface area contributed by atoms with E-state index in [1.165, 1.54) is 57.9 Å². The molecule has 22 heavy (non-hydrogen) atoms. The van der Waals surface area contributed by atoms with Crippen LogP contribution in [-0.4, -0.2) is 23.4 Å². The van der Waals surface area contributed by atoms with E-state index in [2.05, 4.69) is 31.8 Å². The minimum atomic E-state index is -2.64. The van der Waals surface area contributed by atoms with Gasteiger partial charge in [-0.15, -0.1) is 0 Å². The summed E-state index contributed by atoms with van der Waals surface area (Å²) in [5.41, 5.74) is -0.0249. The molecule has 1 nitrogen and oxygen atoms in total. The van der Waals surface area contributed by atoms with Crippen LogP contribution in [0.5, 0.6) is 0 Å². The van der Waals surface area contributed by atoms with Crippen molar-refractivity contribution in [1.82, 2.24) is 4.98 Å². The van der Waals surface area contributed by atoms with Gasteiger partial charge in [0.05, 0.1) is 0 Å². The van der Waals surface area contributed by atoms with Gasteiger partial charge in [0.25, 0.3) is 0 Å². The Morgan fingerprint density at radius 3 is 1.82 bits per heavy atom. The third-order valence-electron chi connectivity index (χ3n) is 4.56. The van der Waals surface area contributed by atoms with Crippen molar-refractivity contribution in [2.24, 2.45) is 0 Å². The first-order valence-corrected chi connectivity index (χ1v) is 16.3. The van der Waals surface area contributed by atoms with Crippen molar-refractivity contribution in [1.29, 1.82) is 0 Å². The summed E-state index contributed by atoms with van der Waals surface area (Å²) in [6.07, 6.45) is 4.79. The normalized spacial score (nSPS) is 12.1. The Morgan fingerprint density at radius 2 is 1.41 bits per heavy atom. The monoisotopic (exact) mass is 419 g/mol. The molecule has 0 atom stereocenters. The van der Waals surface area contributed by atoms with Crippen molar-refractivity contribution in [2.45, 2.75) is 79.0 Å². The van der Waals surface area contributed by atoms with Crippen molar-refractivity contribution >= 4 is 22.1 Å². The van der Waals surface area contributed by atoms with Gasteiger partial charge in [0.2, 0.25) is 0 Å². The Bertz CT molecular complexity index is 402. The second-order valence-corrected chi connectivity index (χ2v) is 19.4. The van der Waals surface area contributed by atoms with Gasteiger partial charge in [-0.2, -0.15) is 0 Å². The Labute approximate surface area is 138 Å². The molecule has 0 unspecified atom stereocenters. The summed E-state index contributed by atoms with van der Waals surface area (Å²) in [6, 6.07) is 5.34. The van der Waals surface area contributed by atoms with Crippen LogP contribution in [0.4, 0.5) is 8.78 Å². The Kier molecular flexibility index (Phi) is 9.53. The molecule has 0 aliphatic carbocycles. The molecule has 0 bridgehead atoms. The number of aromatic nitrogens is 1. The maximum atomic E-state index is 13.1. The molecule has 0 N–H and O–H groups in total. The molecule has 1 heterocycles. The van der Waals surface area contributed by atoms with Crippen molar-refractivity contribution in [2.75, 3.05) is 0 Å². The fraction of sp³-hybridized carbons (Fsp3) is 0.722. The maximum absolute atomic E-state index is 13.1. The number of alkyl halides is 2. The van der Waals surface area contributed by atoms with E-state index in [1.807, 2.05) is 0 Å². The van der Waals surface area contributed by atoms with Gasteiger partial charge in [-0.05, 0) is 0 Å². The molecule has 0 spiro atoms. The van der Waals surface area contributed by atoms with Gasteiger partial charge < -0.3 is 0 Å². The zero-order chi connectivity index (χ0) is 16.4. The molecule has 0 fully saturated rings. The van der Waals surface area contributed by atoms with Gasteiger partial charge in [0.1, 0.15) is 0 Å². The predicted molar refractivity (Wildman–Crippen MR) is 93.7 cm³/mol. The van der Waals surface area contributed by atoms with Crippen LogP contribution in [0.15, 0.2) is 18.2 Å². The fourth-order valence-corrected chi connectivity index (χ4v) is 18.7. The average Bonchev–Trinajstić information content (AvgIpc) is 2.54. The summed E-state index contributed by atoms with van der Waals surface area (Å²) in [5.74, 6) is 0. The number of unbranched alkanes of at least 4 members (excludes halogenated alkanes) is 3. The Hall–Kier alpha value is -0.191. The van der Waals surface area contributed by atoms with E-state index < -0.39 is 24.8 Å². The fourth-order valence-electron chi connectivity index (χ4n) is 3.17. The van der Waals surface area contributed by atoms with Crippen LogP contribution in [0.25, 0.3) is 0 Å². The first-order chi connectivity index (χ1) is 10.6. The Morgan fingerprint density at radius 1 is 0.909 bits per heavy atom. The van der Waals surface area contributed by atoms with Gasteiger partial charge in [0.15, 0.2) is 0 Å². The van der Waals surface area contributed by atoms with Crippen LogP contribution < -0.4 is 3.71 Å². The molecule has 0 aliphatic heterocycles. The van der Waals surface area contributed by atoms with E-state index >= 15 is 0 Å². The van der Waals surface area contributed by atoms with E-state index in [4.69, 9.17) is 0 Å². The van der Waals surface area contributed by atoms with Crippen molar-refractivity contribution in [3.8, 4) is 0 Å². The quantitative estimate of drug-likeness (QED) is 0.398. The number of hydrogen-bond donors (Lipinski definition) is 0. The molecule has 0 amide bonds. The number of nitrogens with zero attached hydrogens (tertiary/aromatic N) is 1. The molecule has 0 radical (unpaired) electrons. The van der Waals surface area contributed by atoms with Crippen LogP contribution in [-0.2, 0) is 0 Å². The SMILES string of the molecule is CCC[CH2][Sn]([CH2]CCC)([CH2]CCC)[c]1cccc(C(F)F)n1. The summed E-state index contributed by atoms with van der Waals surface area (Å²) in [7, 11) is 0. The van der Waals surface area contributed by atoms with E-state index in [9.17, 15) is 8.78 Å². The van der Waals surface area contributed by atoms with Gasteiger partial charge >= 0.3 is 139 Å². The molecule has 0 saturated heterocycles.